The molecule has 0 bridgehead atoms. The van der Waals surface area contributed by atoms with Crippen LogP contribution in [-0.4, -0.2) is 17.6 Å². The highest BCUT2D eigenvalue weighted by Crippen LogP contribution is 2.19. The molecule has 0 aromatic carbocycles. The largest absolute Gasteiger partial charge is 0.481 e. The molecule has 0 aliphatic carbocycles. The molecule has 2 N–H and O–H groups in total. The van der Waals surface area contributed by atoms with Crippen molar-refractivity contribution in [1.29, 1.82) is 0 Å². The molecule has 4 heteroatoms. The third kappa shape index (κ3) is 3.94. The number of aliphatic carboxylic acids is 1. The van der Waals surface area contributed by atoms with Gasteiger partial charge in [-0.15, -0.1) is 11.3 Å². The number of nitrogens with one attached hydrogen (secondary N) is 1. The standard InChI is InChI=1S/C12H19NO2S/c1-9-4-5-10(16-9)8-13-7-6-12(2,3)11(14)15/h4-5,13H,6-8H2,1-3H3,(H,14,15). The molecule has 0 saturated carbocycles. The van der Waals surface area contributed by atoms with Crippen molar-refractivity contribution < 1.29 is 9.90 Å². The number of carboxylic acids is 1. The molecule has 0 spiro atoms. The van der Waals surface area contributed by atoms with Gasteiger partial charge in [-0.3, -0.25) is 4.79 Å². The zero-order valence-electron chi connectivity index (χ0n) is 10.0. The number of carboxylic acid groups (broad SMARTS) is 1. The summed E-state index contributed by atoms with van der Waals surface area (Å²) in [6.45, 7) is 7.16. The van der Waals surface area contributed by atoms with Crippen LogP contribution in [0.25, 0.3) is 0 Å². The van der Waals surface area contributed by atoms with Crippen LogP contribution in [0.1, 0.15) is 30.0 Å². The van der Waals surface area contributed by atoms with Crippen LogP contribution in [0.5, 0.6) is 0 Å². The molecular weight excluding hydrogens is 222 g/mol. The van der Waals surface area contributed by atoms with E-state index in [0.717, 1.165) is 13.1 Å². The molecule has 1 aromatic rings. The average Bonchev–Trinajstić information content (AvgIpc) is 2.59. The third-order valence-corrected chi connectivity index (χ3v) is 3.60. The molecule has 1 rings (SSSR count). The summed E-state index contributed by atoms with van der Waals surface area (Å²) < 4.78 is 0. The fourth-order valence-corrected chi connectivity index (χ4v) is 2.16. The summed E-state index contributed by atoms with van der Waals surface area (Å²) in [5.74, 6) is -0.735. The van der Waals surface area contributed by atoms with Crippen molar-refractivity contribution in [1.82, 2.24) is 5.32 Å². The summed E-state index contributed by atoms with van der Waals surface area (Å²) in [4.78, 5) is 13.5. The highest BCUT2D eigenvalue weighted by atomic mass is 32.1. The van der Waals surface area contributed by atoms with Gasteiger partial charge in [0, 0.05) is 16.3 Å². The molecule has 1 heterocycles. The molecule has 0 radical (unpaired) electrons. The average molecular weight is 241 g/mol. The van der Waals surface area contributed by atoms with Gasteiger partial charge in [-0.05, 0) is 45.9 Å². The van der Waals surface area contributed by atoms with Crippen molar-refractivity contribution in [2.75, 3.05) is 6.54 Å². The Labute approximate surface area is 100 Å². The first-order chi connectivity index (χ1) is 7.42. The number of hydrogen-bond acceptors (Lipinski definition) is 3. The monoisotopic (exact) mass is 241 g/mol. The van der Waals surface area contributed by atoms with E-state index in [4.69, 9.17) is 5.11 Å². The van der Waals surface area contributed by atoms with Crippen LogP contribution in [0.15, 0.2) is 12.1 Å². The Bertz CT molecular complexity index is 358. The molecule has 0 amide bonds. The Kier molecular flexibility index (Phi) is 4.50. The van der Waals surface area contributed by atoms with Gasteiger partial charge in [-0.1, -0.05) is 0 Å². The lowest BCUT2D eigenvalue weighted by atomic mass is 9.90. The summed E-state index contributed by atoms with van der Waals surface area (Å²) in [6, 6.07) is 4.21. The minimum atomic E-state index is -0.735. The Hall–Kier alpha value is -0.870. The van der Waals surface area contributed by atoms with Crippen molar-refractivity contribution in [3.63, 3.8) is 0 Å². The molecule has 1 aromatic heterocycles. The van der Waals surface area contributed by atoms with Crippen molar-refractivity contribution in [2.45, 2.75) is 33.7 Å². The lowest BCUT2D eigenvalue weighted by Crippen LogP contribution is -2.28. The molecule has 0 unspecified atom stereocenters. The van der Waals surface area contributed by atoms with Gasteiger partial charge >= 0.3 is 5.97 Å². The van der Waals surface area contributed by atoms with Gasteiger partial charge in [0.2, 0.25) is 0 Å². The van der Waals surface area contributed by atoms with Crippen LogP contribution >= 0.6 is 11.3 Å². The Balaban J connectivity index is 2.24. The van der Waals surface area contributed by atoms with E-state index in [2.05, 4.69) is 24.4 Å². The highest BCUT2D eigenvalue weighted by Gasteiger charge is 2.25. The number of rotatable bonds is 6. The van der Waals surface area contributed by atoms with Gasteiger partial charge in [0.1, 0.15) is 0 Å². The van der Waals surface area contributed by atoms with Crippen molar-refractivity contribution in [2.24, 2.45) is 5.41 Å². The Morgan fingerprint density at radius 2 is 2.19 bits per heavy atom. The zero-order valence-corrected chi connectivity index (χ0v) is 10.9. The van der Waals surface area contributed by atoms with Crippen LogP contribution in [0.3, 0.4) is 0 Å². The van der Waals surface area contributed by atoms with Gasteiger partial charge in [-0.2, -0.15) is 0 Å². The molecule has 90 valence electrons. The molecular formula is C12H19NO2S. The first-order valence-electron chi connectivity index (χ1n) is 5.41. The first kappa shape index (κ1) is 13.2. The van der Waals surface area contributed by atoms with E-state index < -0.39 is 11.4 Å². The SMILES string of the molecule is Cc1ccc(CNCCC(C)(C)C(=O)O)s1. The van der Waals surface area contributed by atoms with Crippen LogP contribution in [0, 0.1) is 12.3 Å². The normalized spacial score (nSPS) is 11.7. The van der Waals surface area contributed by atoms with Crippen molar-refractivity contribution >= 4 is 17.3 Å². The van der Waals surface area contributed by atoms with Crippen molar-refractivity contribution in [3.8, 4) is 0 Å². The predicted octanol–water partition coefficient (Wildman–Crippen LogP) is 2.65. The third-order valence-electron chi connectivity index (χ3n) is 2.60. The summed E-state index contributed by atoms with van der Waals surface area (Å²) in [6.07, 6.45) is 0.646. The van der Waals surface area contributed by atoms with E-state index in [-0.39, 0.29) is 0 Å². The van der Waals surface area contributed by atoms with Gasteiger partial charge in [0.05, 0.1) is 5.41 Å². The lowest BCUT2D eigenvalue weighted by Gasteiger charge is -2.18. The number of thiophene rings is 1. The predicted molar refractivity (Wildman–Crippen MR) is 66.8 cm³/mol. The number of aryl methyl sites for hydroxylation is 1. The minimum absolute atomic E-state index is 0.641. The summed E-state index contributed by atoms with van der Waals surface area (Å²) in [5.41, 5.74) is -0.641. The lowest BCUT2D eigenvalue weighted by molar-refractivity contribution is -0.147. The fourth-order valence-electron chi connectivity index (χ4n) is 1.30. The second-order valence-corrected chi connectivity index (χ2v) is 6.00. The highest BCUT2D eigenvalue weighted by molar-refractivity contribution is 7.11. The van der Waals surface area contributed by atoms with Crippen LogP contribution in [0.4, 0.5) is 0 Å². The molecule has 0 aliphatic rings. The number of carbonyl (C=O) groups is 1. The minimum Gasteiger partial charge on any atom is -0.481 e. The summed E-state index contributed by atoms with van der Waals surface area (Å²) in [5, 5.41) is 12.2. The maximum absolute atomic E-state index is 10.9. The van der Waals surface area contributed by atoms with Gasteiger partial charge in [0.15, 0.2) is 0 Å². The van der Waals surface area contributed by atoms with E-state index in [1.54, 1.807) is 25.2 Å². The number of hydrogen-bond donors (Lipinski definition) is 2. The van der Waals surface area contributed by atoms with Crippen LogP contribution in [0.2, 0.25) is 0 Å². The van der Waals surface area contributed by atoms with Gasteiger partial charge in [-0.25, -0.2) is 0 Å². The first-order valence-corrected chi connectivity index (χ1v) is 6.23. The molecule has 0 atom stereocenters. The second-order valence-electron chi connectivity index (χ2n) is 4.63. The summed E-state index contributed by atoms with van der Waals surface area (Å²) in [7, 11) is 0. The Morgan fingerprint density at radius 3 is 2.69 bits per heavy atom. The molecule has 16 heavy (non-hydrogen) atoms. The van der Waals surface area contributed by atoms with E-state index >= 15 is 0 Å². The maximum Gasteiger partial charge on any atom is 0.309 e. The summed E-state index contributed by atoms with van der Waals surface area (Å²) >= 11 is 1.77. The molecule has 0 aliphatic heterocycles. The smallest absolute Gasteiger partial charge is 0.309 e. The van der Waals surface area contributed by atoms with E-state index in [1.165, 1.54) is 9.75 Å². The fraction of sp³-hybridized carbons (Fsp3) is 0.583. The second kappa shape index (κ2) is 5.46. The van der Waals surface area contributed by atoms with Crippen LogP contribution < -0.4 is 5.32 Å². The molecule has 3 nitrogen and oxygen atoms in total. The zero-order chi connectivity index (χ0) is 12.2. The van der Waals surface area contributed by atoms with E-state index in [1.807, 2.05) is 0 Å². The van der Waals surface area contributed by atoms with E-state index in [9.17, 15) is 4.79 Å². The quantitative estimate of drug-likeness (QED) is 0.753. The van der Waals surface area contributed by atoms with Crippen molar-refractivity contribution in [3.05, 3.63) is 21.9 Å². The van der Waals surface area contributed by atoms with Gasteiger partial charge < -0.3 is 10.4 Å². The van der Waals surface area contributed by atoms with Crippen LogP contribution in [-0.2, 0) is 11.3 Å². The van der Waals surface area contributed by atoms with Gasteiger partial charge in [0.25, 0.3) is 0 Å². The van der Waals surface area contributed by atoms with E-state index in [0.29, 0.717) is 6.42 Å². The maximum atomic E-state index is 10.9. The Morgan fingerprint density at radius 1 is 1.50 bits per heavy atom. The topological polar surface area (TPSA) is 49.3 Å². The molecule has 0 fully saturated rings. The molecule has 0 saturated heterocycles.